The van der Waals surface area contributed by atoms with Crippen LogP contribution in [0.5, 0.6) is 0 Å². The second-order valence-corrected chi connectivity index (χ2v) is 21.6. The third kappa shape index (κ3) is 24.7. The zero-order valence-electron chi connectivity index (χ0n) is 46.1. The number of carboxylic acids is 1. The van der Waals surface area contributed by atoms with Crippen LogP contribution in [0, 0.1) is 35.5 Å². The number of carboxylic acid groups (broad SMARTS) is 1. The number of carbonyl (C=O) groups excluding carboxylic acids is 2. The van der Waals surface area contributed by atoms with Crippen LogP contribution in [0.1, 0.15) is 138 Å². The average molecular weight is 1080 g/mol. The van der Waals surface area contributed by atoms with Gasteiger partial charge in [-0.1, -0.05) is 90.2 Å². The maximum atomic E-state index is 13.3. The number of carbonyl (C=O) groups is 3. The fourth-order valence-electron chi connectivity index (χ4n) is 9.58. The van der Waals surface area contributed by atoms with Crippen molar-refractivity contribution < 1.29 is 84.8 Å². The summed E-state index contributed by atoms with van der Waals surface area (Å²) in [6.07, 6.45) is 2.26. The number of guanidine groups is 1. The summed E-state index contributed by atoms with van der Waals surface area (Å²) in [5.41, 5.74) is 6.16. The lowest BCUT2D eigenvalue weighted by molar-refractivity contribution is -0.333. The van der Waals surface area contributed by atoms with Gasteiger partial charge in [-0.25, -0.2) is 4.79 Å². The van der Waals surface area contributed by atoms with Gasteiger partial charge in [-0.2, -0.15) is 0 Å². The standard InChI is InChI=1S/C56H95N3O17/c1-33-18-14-15-22-50(69)75-53(36(4)19-13-11-9-10-12-16-25-59-55(57)58-8)37(5)21-17-20-35(3)52(71)39(7)45(63)27-40(60)26-41(74-51(70)31-49(67)68)28-42-29-47(65)54(72)56(73,76-42)32-48(66)34(2)23-24-43(61)38(6)46(64)30-44(33)62/h9-10,14-15,17-18,20-22,33-34,36-48,52-54,60-66,71-73H,11-13,16,19,23-32H2,1-8H3,(H,67,68)(H3,57,58,59)/b10-9+,18-14-,21-17-,22-15-,35-20-/t33-,34-,36+,37-,38+,39-,40+,41-,42+,43+,44+,45+,46+,47+,48-,52+,53+,54+,56+/m1/s1. The molecule has 20 heteroatoms. The van der Waals surface area contributed by atoms with Crippen molar-refractivity contribution in [3.63, 3.8) is 0 Å². The van der Waals surface area contributed by atoms with Crippen LogP contribution in [0.4, 0.5) is 0 Å². The molecular formula is C56H95N3O17. The maximum absolute atomic E-state index is 13.3. The Morgan fingerprint density at radius 1 is 0.816 bits per heavy atom. The largest absolute Gasteiger partial charge is 0.481 e. The maximum Gasteiger partial charge on any atom is 0.331 e. The number of hydrogen-bond acceptors (Lipinski definition) is 17. The molecule has 0 aromatic rings. The molecule has 1 fully saturated rings. The first-order chi connectivity index (χ1) is 35.7. The van der Waals surface area contributed by atoms with Crippen molar-refractivity contribution in [3.05, 3.63) is 60.3 Å². The van der Waals surface area contributed by atoms with Crippen LogP contribution in [0.2, 0.25) is 0 Å². The van der Waals surface area contributed by atoms with E-state index in [2.05, 4.69) is 22.5 Å². The first-order valence-electron chi connectivity index (χ1n) is 27.1. The summed E-state index contributed by atoms with van der Waals surface area (Å²) in [5.74, 6) is -8.29. The summed E-state index contributed by atoms with van der Waals surface area (Å²) in [4.78, 5) is 41.2. The van der Waals surface area contributed by atoms with Crippen molar-refractivity contribution in [2.24, 2.45) is 46.2 Å². The molecule has 0 aromatic heterocycles. The Labute approximate surface area is 450 Å². The summed E-state index contributed by atoms with van der Waals surface area (Å²) in [6.45, 7) is 12.9. The summed E-state index contributed by atoms with van der Waals surface area (Å²) < 4.78 is 17.4. The predicted octanol–water partition coefficient (Wildman–Crippen LogP) is 3.23. The highest BCUT2D eigenvalue weighted by Crippen LogP contribution is 2.36. The number of allylic oxidation sites excluding steroid dienone is 6. The molecule has 2 rings (SSSR count). The molecule has 0 amide bonds. The molecule has 0 spiro atoms. The molecule has 2 aliphatic heterocycles. The third-order valence-corrected chi connectivity index (χ3v) is 15.0. The summed E-state index contributed by atoms with van der Waals surface area (Å²) in [5, 5.41) is 124. The number of fused-ring (bicyclic) bond motifs is 2. The zero-order chi connectivity index (χ0) is 57.3. The van der Waals surface area contributed by atoms with E-state index in [9.17, 15) is 70.6 Å². The van der Waals surface area contributed by atoms with Gasteiger partial charge in [-0.3, -0.25) is 14.6 Å². The van der Waals surface area contributed by atoms with E-state index in [1.54, 1.807) is 66.0 Å². The van der Waals surface area contributed by atoms with Crippen LogP contribution in [-0.4, -0.2) is 173 Å². The monoisotopic (exact) mass is 1080 g/mol. The molecule has 436 valence electrons. The number of ether oxygens (including phenoxy) is 3. The van der Waals surface area contributed by atoms with Crippen molar-refractivity contribution in [1.29, 1.82) is 0 Å². The number of aliphatic carboxylic acids is 1. The van der Waals surface area contributed by atoms with Crippen LogP contribution >= 0.6 is 0 Å². The number of aliphatic hydroxyl groups excluding tert-OH is 9. The number of aliphatic hydroxyl groups is 10. The Morgan fingerprint density at radius 3 is 2.12 bits per heavy atom. The van der Waals surface area contributed by atoms with Crippen LogP contribution in [-0.2, 0) is 28.6 Å². The number of cyclic esters (lactones) is 1. The van der Waals surface area contributed by atoms with Gasteiger partial charge in [0, 0.05) is 75.4 Å². The van der Waals surface area contributed by atoms with Gasteiger partial charge >= 0.3 is 17.9 Å². The Balaban J connectivity index is 2.44. The van der Waals surface area contributed by atoms with Gasteiger partial charge in [0.05, 0.1) is 54.9 Å². The molecule has 0 radical (unpaired) electrons. The lowest BCUT2D eigenvalue weighted by atomic mass is 9.83. The van der Waals surface area contributed by atoms with E-state index >= 15 is 0 Å². The summed E-state index contributed by atoms with van der Waals surface area (Å²) in [7, 11) is 1.62. The second-order valence-electron chi connectivity index (χ2n) is 21.6. The number of unbranched alkanes of at least 4 members (excludes halogenated alkanes) is 2. The first kappa shape index (κ1) is 68.0. The number of nitrogens with one attached hydrogen (secondary N) is 1. The Bertz CT molecular complexity index is 1910. The van der Waals surface area contributed by atoms with Crippen LogP contribution in [0.25, 0.3) is 0 Å². The number of hydrogen-bond donors (Lipinski definition) is 13. The predicted molar refractivity (Wildman–Crippen MR) is 287 cm³/mol. The number of nitrogens with zero attached hydrogens (tertiary/aromatic N) is 1. The van der Waals surface area contributed by atoms with Gasteiger partial charge in [-0.05, 0) is 75.7 Å². The molecule has 14 N–H and O–H groups in total. The molecular weight excluding hydrogens is 987 g/mol. The molecule has 76 heavy (non-hydrogen) atoms. The molecule has 0 aromatic carbocycles. The van der Waals surface area contributed by atoms with Crippen molar-refractivity contribution in [2.75, 3.05) is 13.6 Å². The highest BCUT2D eigenvalue weighted by atomic mass is 16.7. The van der Waals surface area contributed by atoms with E-state index in [1.165, 1.54) is 12.2 Å². The molecule has 0 unspecified atom stereocenters. The van der Waals surface area contributed by atoms with E-state index in [0.717, 1.165) is 32.1 Å². The van der Waals surface area contributed by atoms with E-state index in [1.807, 2.05) is 19.9 Å². The Morgan fingerprint density at radius 2 is 1.46 bits per heavy atom. The van der Waals surface area contributed by atoms with Gasteiger partial charge < -0.3 is 81.4 Å². The zero-order valence-corrected chi connectivity index (χ0v) is 46.1. The average Bonchev–Trinajstić information content (AvgIpc) is 3.35. The summed E-state index contributed by atoms with van der Waals surface area (Å²) in [6, 6.07) is 0. The SMILES string of the molecule is CN=C(N)NCCC/C=C/CCC[C@H](C)[C@@H]1OC(=O)/C=C\C=C/[C@@H](C)[C@@H](O)C[C@H](O)[C@@H](C)[C@@H](O)CC[C@@H](C)[C@H](O)C[C@]2(O)O[C@@H](C[C@H](OC(=O)CC(=O)O)C[C@H](O)C[C@H](O)[C@@H](C)[C@@H](O)/C(C)=C\C=C/[C@H]1C)C[C@H](O)[C@@H]2O. The minimum absolute atomic E-state index is 0.0637. The van der Waals surface area contributed by atoms with Gasteiger partial charge in [0.15, 0.2) is 11.7 Å². The number of aliphatic imine (C=N–C) groups is 1. The van der Waals surface area contributed by atoms with Crippen molar-refractivity contribution in [2.45, 2.75) is 217 Å². The Kier molecular flexibility index (Phi) is 31.1. The van der Waals surface area contributed by atoms with Crippen LogP contribution < -0.4 is 11.1 Å². The molecule has 2 aliphatic rings. The fraction of sp³-hybridized carbons (Fsp3) is 0.750. The van der Waals surface area contributed by atoms with E-state index in [4.69, 9.17) is 19.9 Å². The highest BCUT2D eigenvalue weighted by Gasteiger charge is 2.50. The van der Waals surface area contributed by atoms with Crippen molar-refractivity contribution in [1.82, 2.24) is 5.32 Å². The van der Waals surface area contributed by atoms with Crippen molar-refractivity contribution >= 4 is 23.9 Å². The topological polar surface area (TPSA) is 352 Å². The van der Waals surface area contributed by atoms with E-state index in [-0.39, 0.29) is 56.8 Å². The van der Waals surface area contributed by atoms with Gasteiger partial charge in [0.1, 0.15) is 24.7 Å². The number of esters is 2. The van der Waals surface area contributed by atoms with E-state index in [0.29, 0.717) is 18.1 Å². The Hall–Kier alpha value is -4.06. The van der Waals surface area contributed by atoms with E-state index < -0.39 is 133 Å². The third-order valence-electron chi connectivity index (χ3n) is 15.0. The fourth-order valence-corrected chi connectivity index (χ4v) is 9.58. The molecule has 20 nitrogen and oxygen atoms in total. The van der Waals surface area contributed by atoms with Crippen LogP contribution in [0.3, 0.4) is 0 Å². The molecule has 0 saturated carbocycles. The molecule has 2 heterocycles. The normalized spacial score (nSPS) is 38.6. The van der Waals surface area contributed by atoms with Gasteiger partial charge in [-0.15, -0.1) is 0 Å². The highest BCUT2D eigenvalue weighted by molar-refractivity contribution is 5.90. The van der Waals surface area contributed by atoms with Crippen molar-refractivity contribution in [3.8, 4) is 0 Å². The molecule has 0 aliphatic carbocycles. The smallest absolute Gasteiger partial charge is 0.331 e. The van der Waals surface area contributed by atoms with Gasteiger partial charge in [0.25, 0.3) is 0 Å². The molecule has 2 bridgehead atoms. The minimum Gasteiger partial charge on any atom is -0.481 e. The van der Waals surface area contributed by atoms with Gasteiger partial charge in [0.2, 0.25) is 0 Å². The summed E-state index contributed by atoms with van der Waals surface area (Å²) >= 11 is 0. The van der Waals surface area contributed by atoms with Crippen LogP contribution in [0.15, 0.2) is 65.2 Å². The second kappa shape index (κ2) is 34.7. The first-order valence-corrected chi connectivity index (χ1v) is 27.1. The number of nitrogens with two attached hydrogens (primary N) is 1. The quantitative estimate of drug-likeness (QED) is 0.0333. The molecule has 19 atom stereocenters. The number of rotatable bonds is 12. The minimum atomic E-state index is -2.53. The molecule has 1 saturated heterocycles. The lowest BCUT2D eigenvalue weighted by Gasteiger charge is -2.45. The lowest BCUT2D eigenvalue weighted by Crippen LogP contribution is -2.60.